The van der Waals surface area contributed by atoms with Crippen molar-refractivity contribution in [1.29, 1.82) is 5.41 Å². The summed E-state index contributed by atoms with van der Waals surface area (Å²) in [4.78, 5) is 25.0. The molecule has 2 aliphatic heterocycles. The highest BCUT2D eigenvalue weighted by molar-refractivity contribution is 7.10. The molecular weight excluding hydrogens is 524 g/mol. The second kappa shape index (κ2) is 10.0. The highest BCUT2D eigenvalue weighted by Gasteiger charge is 2.50. The number of likely N-dealkylation sites (tertiary alicyclic amines) is 1. The number of rotatable bonds is 6. The van der Waals surface area contributed by atoms with E-state index in [9.17, 15) is 22.4 Å². The van der Waals surface area contributed by atoms with Crippen LogP contribution in [0.5, 0.6) is 0 Å². The van der Waals surface area contributed by atoms with Crippen LogP contribution in [0.15, 0.2) is 16.6 Å². The third-order valence-electron chi connectivity index (χ3n) is 7.73. The minimum atomic E-state index is -3.01. The van der Waals surface area contributed by atoms with Crippen molar-refractivity contribution in [3.05, 3.63) is 33.5 Å². The Labute approximate surface area is 221 Å². The first-order chi connectivity index (χ1) is 18.0. The molecule has 5 rings (SSSR count). The zero-order valence-corrected chi connectivity index (χ0v) is 22.0. The quantitative estimate of drug-likeness (QED) is 0.463. The highest BCUT2D eigenvalue weighted by Crippen LogP contribution is 2.46. The van der Waals surface area contributed by atoms with Gasteiger partial charge in [0.2, 0.25) is 5.91 Å². The molecule has 1 unspecified atom stereocenters. The summed E-state index contributed by atoms with van der Waals surface area (Å²) in [7, 11) is 0. The molecule has 2 fully saturated rings. The van der Waals surface area contributed by atoms with Gasteiger partial charge in [-0.15, -0.1) is 11.3 Å². The summed E-state index contributed by atoms with van der Waals surface area (Å²) in [5, 5.41) is 19.2. The van der Waals surface area contributed by atoms with Crippen LogP contribution in [0.25, 0.3) is 0 Å². The molecule has 0 radical (unpaired) electrons. The number of oxime groups is 1. The molecule has 1 saturated carbocycles. The molecule has 1 aliphatic carbocycles. The molecule has 13 heteroatoms. The summed E-state index contributed by atoms with van der Waals surface area (Å²) in [6.45, 7) is 4.68. The van der Waals surface area contributed by atoms with E-state index in [1.807, 2.05) is 5.38 Å². The zero-order valence-electron chi connectivity index (χ0n) is 21.2. The number of alkyl halides is 4. The molecule has 1 spiro atoms. The zero-order chi connectivity index (χ0) is 27.2. The van der Waals surface area contributed by atoms with Crippen LogP contribution in [0.2, 0.25) is 0 Å². The molecule has 1 amide bonds. The standard InChI is InChI=1S/C25H30F4N6O2S/c1-24(2)6-3-19(30)25(13-24)10-16(33-37-25)17-12-38-23(31-17)14-4-7-34(8-5-14)20(36)11-35-18(22(28)29)9-15(32-35)21(26)27/h9,12,14,21-22,30H,3-8,10-11,13H2,1-2H3. The fourth-order valence-corrected chi connectivity index (χ4v) is 6.60. The molecule has 3 aliphatic rings. The Balaban J connectivity index is 1.18. The van der Waals surface area contributed by atoms with Gasteiger partial charge in [0.25, 0.3) is 12.9 Å². The summed E-state index contributed by atoms with van der Waals surface area (Å²) in [6, 6.07) is 0.647. The molecule has 2 aromatic heterocycles. The van der Waals surface area contributed by atoms with Crippen molar-refractivity contribution in [2.45, 2.75) is 83.3 Å². The van der Waals surface area contributed by atoms with E-state index < -0.39 is 42.3 Å². The van der Waals surface area contributed by atoms with Crippen molar-refractivity contribution in [1.82, 2.24) is 19.7 Å². The van der Waals surface area contributed by atoms with Gasteiger partial charge in [-0.3, -0.25) is 9.48 Å². The van der Waals surface area contributed by atoms with Crippen LogP contribution in [-0.4, -0.2) is 55.7 Å². The second-order valence-corrected chi connectivity index (χ2v) is 12.0. The Morgan fingerprint density at radius 2 is 1.97 bits per heavy atom. The fourth-order valence-electron chi connectivity index (χ4n) is 5.60. The first-order valence-corrected chi connectivity index (χ1v) is 13.5. The number of amides is 1. The first kappa shape index (κ1) is 26.8. The van der Waals surface area contributed by atoms with Gasteiger partial charge in [-0.2, -0.15) is 5.10 Å². The number of aromatic nitrogens is 3. The van der Waals surface area contributed by atoms with Crippen LogP contribution in [0, 0.1) is 10.8 Å². The molecular formula is C25H30F4N6O2S. The SMILES string of the molecule is CC1(C)CCC(=N)C2(CC(c3csc(C4CCN(C(=O)Cn5nc(C(F)F)cc5C(F)F)CC4)n3)=NO2)C1. The number of carbonyl (C=O) groups is 1. The number of piperidine rings is 1. The number of nitrogens with one attached hydrogen (secondary N) is 1. The monoisotopic (exact) mass is 554 g/mol. The van der Waals surface area contributed by atoms with Gasteiger partial charge in [0.1, 0.15) is 23.6 Å². The maximum Gasteiger partial charge on any atom is 0.282 e. The van der Waals surface area contributed by atoms with Gasteiger partial charge in [0.05, 0.1) is 16.4 Å². The van der Waals surface area contributed by atoms with Gasteiger partial charge in [0.15, 0.2) is 5.60 Å². The number of nitrogens with zero attached hydrogens (tertiary/aromatic N) is 5. The van der Waals surface area contributed by atoms with Crippen molar-refractivity contribution in [3.63, 3.8) is 0 Å². The Hall–Kier alpha value is -2.83. The predicted molar refractivity (Wildman–Crippen MR) is 133 cm³/mol. The summed E-state index contributed by atoms with van der Waals surface area (Å²) >= 11 is 1.53. The van der Waals surface area contributed by atoms with Crippen LogP contribution < -0.4 is 0 Å². The van der Waals surface area contributed by atoms with E-state index in [-0.39, 0.29) is 11.3 Å². The number of halogens is 4. The Morgan fingerprint density at radius 1 is 1.24 bits per heavy atom. The second-order valence-electron chi connectivity index (χ2n) is 11.1. The maximum absolute atomic E-state index is 13.2. The van der Waals surface area contributed by atoms with Gasteiger partial charge in [-0.25, -0.2) is 22.5 Å². The lowest BCUT2D eigenvalue weighted by Crippen LogP contribution is -2.46. The van der Waals surface area contributed by atoms with Crippen LogP contribution in [0.4, 0.5) is 17.6 Å². The largest absolute Gasteiger partial charge is 0.382 e. The Morgan fingerprint density at radius 3 is 2.66 bits per heavy atom. The van der Waals surface area contributed by atoms with E-state index in [0.717, 1.165) is 29.3 Å². The maximum atomic E-state index is 13.2. The Bertz CT molecular complexity index is 1250. The predicted octanol–water partition coefficient (Wildman–Crippen LogP) is 5.71. The van der Waals surface area contributed by atoms with Crippen LogP contribution in [0.3, 0.4) is 0 Å². The normalized spacial score (nSPS) is 23.9. The lowest BCUT2D eigenvalue weighted by molar-refractivity contribution is -0.133. The first-order valence-electron chi connectivity index (χ1n) is 12.7. The Kier molecular flexibility index (Phi) is 7.08. The third kappa shape index (κ3) is 5.21. The molecule has 0 aromatic carbocycles. The molecule has 8 nitrogen and oxygen atoms in total. The van der Waals surface area contributed by atoms with Crippen LogP contribution >= 0.6 is 11.3 Å². The number of thiazole rings is 1. The van der Waals surface area contributed by atoms with Gasteiger partial charge in [0, 0.05) is 37.2 Å². The van der Waals surface area contributed by atoms with Gasteiger partial charge >= 0.3 is 0 Å². The molecule has 4 heterocycles. The topological polar surface area (TPSA) is 96.5 Å². The highest BCUT2D eigenvalue weighted by atomic mass is 32.1. The minimum Gasteiger partial charge on any atom is -0.382 e. The van der Waals surface area contributed by atoms with Crippen molar-refractivity contribution in [2.24, 2.45) is 10.6 Å². The van der Waals surface area contributed by atoms with E-state index in [1.165, 1.54) is 11.3 Å². The average molecular weight is 555 g/mol. The van der Waals surface area contributed by atoms with Crippen LogP contribution in [0.1, 0.15) is 93.2 Å². The smallest absolute Gasteiger partial charge is 0.282 e. The van der Waals surface area contributed by atoms with E-state index in [4.69, 9.17) is 15.2 Å². The van der Waals surface area contributed by atoms with Gasteiger partial charge in [-0.05, 0) is 37.2 Å². The number of hydrogen-bond acceptors (Lipinski definition) is 7. The molecule has 1 atom stereocenters. The van der Waals surface area contributed by atoms with E-state index >= 15 is 0 Å². The molecule has 1 saturated heterocycles. The van der Waals surface area contributed by atoms with Crippen LogP contribution in [-0.2, 0) is 16.2 Å². The molecule has 2 aromatic rings. The minimum absolute atomic E-state index is 0.0812. The van der Waals surface area contributed by atoms with Crippen molar-refractivity contribution < 1.29 is 27.2 Å². The van der Waals surface area contributed by atoms with E-state index in [2.05, 4.69) is 24.1 Å². The van der Waals surface area contributed by atoms with Crippen molar-refractivity contribution in [2.75, 3.05) is 13.1 Å². The summed E-state index contributed by atoms with van der Waals surface area (Å²) in [5.41, 5.74) is 0.0396. The fraction of sp³-hybridized carbons (Fsp3) is 0.640. The van der Waals surface area contributed by atoms with Crippen molar-refractivity contribution >= 4 is 28.7 Å². The third-order valence-corrected chi connectivity index (χ3v) is 8.73. The summed E-state index contributed by atoms with van der Waals surface area (Å²) in [5.74, 6) is -0.303. The number of carbonyl (C=O) groups excluding carboxylic acids is 1. The lowest BCUT2D eigenvalue weighted by Gasteiger charge is -2.40. The summed E-state index contributed by atoms with van der Waals surface area (Å²) in [6.07, 6.45) is -1.76. The van der Waals surface area contributed by atoms with E-state index in [0.29, 0.717) is 55.2 Å². The average Bonchev–Trinajstić information content (AvgIpc) is 3.61. The van der Waals surface area contributed by atoms with Gasteiger partial charge in [-0.1, -0.05) is 19.0 Å². The number of hydrogen-bond donors (Lipinski definition) is 1. The molecule has 1 N–H and O–H groups in total. The molecule has 38 heavy (non-hydrogen) atoms. The summed E-state index contributed by atoms with van der Waals surface area (Å²) < 4.78 is 53.0. The van der Waals surface area contributed by atoms with E-state index in [1.54, 1.807) is 4.90 Å². The van der Waals surface area contributed by atoms with Gasteiger partial charge < -0.3 is 15.1 Å². The molecule has 0 bridgehead atoms. The molecule has 206 valence electrons. The lowest BCUT2D eigenvalue weighted by atomic mass is 9.67. The van der Waals surface area contributed by atoms with Crippen molar-refractivity contribution in [3.8, 4) is 0 Å².